The number of ether oxygens (including phenoxy) is 2. The van der Waals surface area contributed by atoms with Gasteiger partial charge in [-0.15, -0.1) is 0 Å². The molecular weight excluding hydrogens is 334 g/mol. The molecule has 3 rings (SSSR count). The quantitative estimate of drug-likeness (QED) is 0.864. The van der Waals surface area contributed by atoms with E-state index in [1.165, 1.54) is 0 Å². The Morgan fingerprint density at radius 1 is 1.08 bits per heavy atom. The molecule has 2 aromatic rings. The van der Waals surface area contributed by atoms with E-state index in [1.807, 2.05) is 24.3 Å². The van der Waals surface area contributed by atoms with Gasteiger partial charge in [0.1, 0.15) is 11.5 Å². The molecule has 2 aromatic carbocycles. The van der Waals surface area contributed by atoms with Gasteiger partial charge in [0.05, 0.1) is 25.9 Å². The average Bonchev–Trinajstić information content (AvgIpc) is 3.02. The lowest BCUT2D eigenvalue weighted by Gasteiger charge is -2.18. The number of rotatable bonds is 5. The molecule has 2 N–H and O–H groups in total. The summed E-state index contributed by atoms with van der Waals surface area (Å²) in [5.41, 5.74) is 1.36. The van der Waals surface area contributed by atoms with Gasteiger partial charge in [0, 0.05) is 18.7 Å². The summed E-state index contributed by atoms with van der Waals surface area (Å²) in [4.78, 5) is 26.2. The molecule has 1 aliphatic heterocycles. The first-order valence-electron chi connectivity index (χ1n) is 8.25. The van der Waals surface area contributed by atoms with Crippen molar-refractivity contribution in [1.82, 2.24) is 5.32 Å². The van der Waals surface area contributed by atoms with Gasteiger partial charge >= 0.3 is 6.03 Å². The normalized spacial score (nSPS) is 16.3. The summed E-state index contributed by atoms with van der Waals surface area (Å²) in [5, 5.41) is 5.59. The summed E-state index contributed by atoms with van der Waals surface area (Å²) in [5.74, 6) is 1.27. The van der Waals surface area contributed by atoms with Crippen LogP contribution in [-0.4, -0.2) is 38.7 Å². The van der Waals surface area contributed by atoms with Gasteiger partial charge < -0.3 is 25.0 Å². The van der Waals surface area contributed by atoms with Crippen LogP contribution in [0, 0.1) is 0 Å². The van der Waals surface area contributed by atoms with Gasteiger partial charge in [-0.2, -0.15) is 0 Å². The minimum atomic E-state index is -0.371. The van der Waals surface area contributed by atoms with Gasteiger partial charge in [-0.3, -0.25) is 4.79 Å². The molecule has 0 spiro atoms. The summed E-state index contributed by atoms with van der Waals surface area (Å²) in [6, 6.07) is 13.8. The molecule has 1 unspecified atom stereocenters. The van der Waals surface area contributed by atoms with Crippen molar-refractivity contribution >= 4 is 23.3 Å². The number of methoxy groups -OCH3 is 2. The van der Waals surface area contributed by atoms with Crippen molar-refractivity contribution in [3.05, 3.63) is 48.5 Å². The van der Waals surface area contributed by atoms with Gasteiger partial charge in [-0.1, -0.05) is 12.1 Å². The Balaban J connectivity index is 1.60. The van der Waals surface area contributed by atoms with Crippen molar-refractivity contribution < 1.29 is 19.1 Å². The van der Waals surface area contributed by atoms with Crippen LogP contribution >= 0.6 is 0 Å². The number of urea groups is 1. The van der Waals surface area contributed by atoms with Crippen LogP contribution in [0.1, 0.15) is 6.42 Å². The highest BCUT2D eigenvalue weighted by Gasteiger charge is 2.31. The maximum atomic E-state index is 12.3. The summed E-state index contributed by atoms with van der Waals surface area (Å²) in [6.07, 6.45) is 0.255. The molecule has 1 atom stereocenters. The van der Waals surface area contributed by atoms with E-state index < -0.39 is 0 Å². The molecule has 7 heteroatoms. The third kappa shape index (κ3) is 3.88. The van der Waals surface area contributed by atoms with Gasteiger partial charge in [-0.05, 0) is 36.4 Å². The highest BCUT2D eigenvalue weighted by atomic mass is 16.5. The van der Waals surface area contributed by atoms with Crippen molar-refractivity contribution in [2.75, 3.05) is 31.0 Å². The van der Waals surface area contributed by atoms with Crippen LogP contribution in [0.3, 0.4) is 0 Å². The molecule has 136 valence electrons. The standard InChI is InChI=1S/C19H21N3O4/c1-25-15-9-7-14(8-10-15)22-12-13(11-18(22)23)20-19(24)21-16-5-3-4-6-17(16)26-2/h3-10,13H,11-12H2,1-2H3,(H2,20,21,24). The van der Waals surface area contributed by atoms with Crippen molar-refractivity contribution in [3.8, 4) is 11.5 Å². The fourth-order valence-electron chi connectivity index (χ4n) is 2.91. The van der Waals surface area contributed by atoms with Crippen LogP contribution in [0.15, 0.2) is 48.5 Å². The summed E-state index contributed by atoms with van der Waals surface area (Å²) in [6.45, 7) is 0.421. The predicted molar refractivity (Wildman–Crippen MR) is 98.9 cm³/mol. The SMILES string of the molecule is COc1ccc(N2CC(NC(=O)Nc3ccccc3OC)CC2=O)cc1. The molecule has 0 bridgehead atoms. The average molecular weight is 355 g/mol. The van der Waals surface area contributed by atoms with E-state index in [0.717, 1.165) is 11.4 Å². The highest BCUT2D eigenvalue weighted by Crippen LogP contribution is 2.25. The number of hydrogen-bond donors (Lipinski definition) is 2. The Kier molecular flexibility index (Phi) is 5.26. The molecule has 1 saturated heterocycles. The zero-order chi connectivity index (χ0) is 18.5. The van der Waals surface area contributed by atoms with E-state index in [1.54, 1.807) is 43.4 Å². The molecule has 26 heavy (non-hydrogen) atoms. The molecule has 0 aromatic heterocycles. The van der Waals surface area contributed by atoms with Crippen molar-refractivity contribution in [1.29, 1.82) is 0 Å². The van der Waals surface area contributed by atoms with Crippen LogP contribution in [-0.2, 0) is 4.79 Å². The Morgan fingerprint density at radius 2 is 1.81 bits per heavy atom. The van der Waals surface area contributed by atoms with Crippen LogP contribution < -0.4 is 25.0 Å². The largest absolute Gasteiger partial charge is 0.497 e. The number of benzene rings is 2. The number of carbonyl (C=O) groups excluding carboxylic acids is 2. The van der Waals surface area contributed by atoms with Gasteiger partial charge in [-0.25, -0.2) is 4.79 Å². The minimum absolute atomic E-state index is 0.0299. The van der Waals surface area contributed by atoms with E-state index in [-0.39, 0.29) is 24.4 Å². The fraction of sp³-hybridized carbons (Fsp3) is 0.263. The van der Waals surface area contributed by atoms with E-state index >= 15 is 0 Å². The lowest BCUT2D eigenvalue weighted by Crippen LogP contribution is -2.39. The lowest BCUT2D eigenvalue weighted by molar-refractivity contribution is -0.117. The number of carbonyl (C=O) groups is 2. The predicted octanol–water partition coefficient (Wildman–Crippen LogP) is 2.63. The summed E-state index contributed by atoms with van der Waals surface area (Å²) in [7, 11) is 3.14. The molecule has 0 radical (unpaired) electrons. The first kappa shape index (κ1) is 17.6. The molecule has 0 aliphatic carbocycles. The van der Waals surface area contributed by atoms with E-state index in [0.29, 0.717) is 18.0 Å². The number of amides is 3. The number of nitrogens with zero attached hydrogens (tertiary/aromatic N) is 1. The zero-order valence-corrected chi connectivity index (χ0v) is 14.7. The van der Waals surface area contributed by atoms with Crippen molar-refractivity contribution in [2.45, 2.75) is 12.5 Å². The number of hydrogen-bond acceptors (Lipinski definition) is 4. The van der Waals surface area contributed by atoms with Crippen LogP contribution in [0.25, 0.3) is 0 Å². The molecule has 7 nitrogen and oxygen atoms in total. The lowest BCUT2D eigenvalue weighted by atomic mass is 10.2. The molecule has 1 fully saturated rings. The second-order valence-electron chi connectivity index (χ2n) is 5.90. The summed E-state index contributed by atoms with van der Waals surface area (Å²) >= 11 is 0. The second-order valence-corrected chi connectivity index (χ2v) is 5.90. The first-order chi connectivity index (χ1) is 12.6. The Morgan fingerprint density at radius 3 is 2.50 bits per heavy atom. The van der Waals surface area contributed by atoms with E-state index in [9.17, 15) is 9.59 Å². The first-order valence-corrected chi connectivity index (χ1v) is 8.25. The van der Waals surface area contributed by atoms with Gasteiger partial charge in [0.25, 0.3) is 0 Å². The smallest absolute Gasteiger partial charge is 0.319 e. The fourth-order valence-corrected chi connectivity index (χ4v) is 2.91. The number of nitrogens with one attached hydrogen (secondary N) is 2. The van der Waals surface area contributed by atoms with Crippen molar-refractivity contribution in [2.24, 2.45) is 0 Å². The van der Waals surface area contributed by atoms with E-state index in [4.69, 9.17) is 9.47 Å². The monoisotopic (exact) mass is 355 g/mol. The third-order valence-electron chi connectivity index (χ3n) is 4.20. The molecule has 1 aliphatic rings. The molecular formula is C19H21N3O4. The Hall–Kier alpha value is -3.22. The second kappa shape index (κ2) is 7.77. The maximum absolute atomic E-state index is 12.3. The number of para-hydroxylation sites is 2. The molecule has 3 amide bonds. The van der Waals surface area contributed by atoms with Gasteiger partial charge in [0.2, 0.25) is 5.91 Å². The Bertz CT molecular complexity index is 792. The van der Waals surface area contributed by atoms with E-state index in [2.05, 4.69) is 10.6 Å². The molecule has 1 heterocycles. The summed E-state index contributed by atoms with van der Waals surface area (Å²) < 4.78 is 10.3. The zero-order valence-electron chi connectivity index (χ0n) is 14.7. The Labute approximate surface area is 151 Å². The van der Waals surface area contributed by atoms with Crippen molar-refractivity contribution in [3.63, 3.8) is 0 Å². The van der Waals surface area contributed by atoms with Crippen LogP contribution in [0.4, 0.5) is 16.2 Å². The van der Waals surface area contributed by atoms with Gasteiger partial charge in [0.15, 0.2) is 0 Å². The topological polar surface area (TPSA) is 79.9 Å². The number of anilines is 2. The van der Waals surface area contributed by atoms with Crippen LogP contribution in [0.5, 0.6) is 11.5 Å². The van der Waals surface area contributed by atoms with Crippen LogP contribution in [0.2, 0.25) is 0 Å². The highest BCUT2D eigenvalue weighted by molar-refractivity contribution is 5.98. The third-order valence-corrected chi connectivity index (χ3v) is 4.20. The molecule has 0 saturated carbocycles. The maximum Gasteiger partial charge on any atom is 0.319 e. The minimum Gasteiger partial charge on any atom is -0.497 e.